The second-order valence-corrected chi connectivity index (χ2v) is 5.40. The Morgan fingerprint density at radius 2 is 2.20 bits per heavy atom. The first-order valence-corrected chi connectivity index (χ1v) is 6.77. The van der Waals surface area contributed by atoms with Crippen LogP contribution < -0.4 is 5.73 Å². The largest absolute Gasteiger partial charge is 0.349 e. The Labute approximate surface area is 117 Å². The summed E-state index contributed by atoms with van der Waals surface area (Å²) in [6.45, 7) is 0.415. The molecule has 1 unspecified atom stereocenters. The third-order valence-electron chi connectivity index (χ3n) is 3.82. The van der Waals surface area contributed by atoms with E-state index in [1.54, 1.807) is 6.07 Å². The molecule has 1 aromatic carbocycles. The minimum Gasteiger partial charge on any atom is -0.349 e. The summed E-state index contributed by atoms with van der Waals surface area (Å²) in [5.41, 5.74) is 8.25. The fourth-order valence-corrected chi connectivity index (χ4v) is 2.44. The minimum atomic E-state index is -0.286. The molecule has 2 aromatic rings. The van der Waals surface area contributed by atoms with E-state index in [0.717, 1.165) is 5.56 Å². The highest BCUT2D eigenvalue weighted by molar-refractivity contribution is 5.34. The van der Waals surface area contributed by atoms with E-state index in [1.807, 2.05) is 29.1 Å². The number of aromatic nitrogens is 1. The van der Waals surface area contributed by atoms with Crippen molar-refractivity contribution in [2.45, 2.75) is 25.4 Å². The molecule has 1 fully saturated rings. The maximum atomic E-state index is 13.7. The van der Waals surface area contributed by atoms with Crippen molar-refractivity contribution in [1.29, 1.82) is 5.26 Å². The summed E-state index contributed by atoms with van der Waals surface area (Å²) < 4.78 is 15.7. The zero-order valence-corrected chi connectivity index (χ0v) is 11.1. The Kier molecular flexibility index (Phi) is 3.29. The lowest BCUT2D eigenvalue weighted by molar-refractivity contribution is 0.597. The normalized spacial score (nSPS) is 15.8. The fourth-order valence-electron chi connectivity index (χ4n) is 2.44. The summed E-state index contributed by atoms with van der Waals surface area (Å²) in [5.74, 6) is 0.315. The molecular formula is C16H16FN3. The molecule has 102 valence electrons. The first-order chi connectivity index (χ1) is 9.67. The molecule has 0 radical (unpaired) electrons. The number of hydrogen-bond donors (Lipinski definition) is 1. The molecule has 0 amide bonds. The van der Waals surface area contributed by atoms with Crippen LogP contribution in [-0.4, -0.2) is 4.57 Å². The summed E-state index contributed by atoms with van der Waals surface area (Å²) in [6.07, 6.45) is 6.29. The molecule has 0 bridgehead atoms. The standard InChI is InChI=1S/C16H16FN3/c17-15-4-1-11(8-18)7-14(15)10-20-6-5-13(9-20)16(19)12-2-3-12/h1,4-7,9,12,16H,2-3,10,19H2. The highest BCUT2D eigenvalue weighted by Crippen LogP contribution is 2.39. The Morgan fingerprint density at radius 1 is 1.40 bits per heavy atom. The first-order valence-electron chi connectivity index (χ1n) is 6.77. The summed E-state index contributed by atoms with van der Waals surface area (Å²) in [6, 6.07) is 8.54. The van der Waals surface area contributed by atoms with Crippen molar-refractivity contribution in [2.75, 3.05) is 0 Å². The van der Waals surface area contributed by atoms with E-state index in [4.69, 9.17) is 11.0 Å². The van der Waals surface area contributed by atoms with Gasteiger partial charge in [0, 0.05) is 30.5 Å². The summed E-state index contributed by atoms with van der Waals surface area (Å²) in [5, 5.41) is 8.87. The van der Waals surface area contributed by atoms with Crippen molar-refractivity contribution >= 4 is 0 Å². The highest BCUT2D eigenvalue weighted by atomic mass is 19.1. The number of halogens is 1. The SMILES string of the molecule is N#Cc1ccc(F)c(Cn2ccc(C(N)C3CC3)c2)c1. The molecule has 4 heteroatoms. The Morgan fingerprint density at radius 3 is 2.90 bits per heavy atom. The third-order valence-corrected chi connectivity index (χ3v) is 3.82. The van der Waals surface area contributed by atoms with Gasteiger partial charge in [0.15, 0.2) is 0 Å². The monoisotopic (exact) mass is 269 g/mol. The predicted octanol–water partition coefficient (Wildman–Crippen LogP) is 2.96. The molecule has 1 saturated carbocycles. The van der Waals surface area contributed by atoms with E-state index in [2.05, 4.69) is 0 Å². The molecule has 3 nitrogen and oxygen atoms in total. The quantitative estimate of drug-likeness (QED) is 0.927. The zero-order valence-electron chi connectivity index (χ0n) is 11.1. The van der Waals surface area contributed by atoms with Crippen molar-refractivity contribution in [3.63, 3.8) is 0 Å². The lowest BCUT2D eigenvalue weighted by atomic mass is 10.1. The predicted molar refractivity (Wildman–Crippen MR) is 74.3 cm³/mol. The van der Waals surface area contributed by atoms with Gasteiger partial charge in [-0.1, -0.05) is 0 Å². The van der Waals surface area contributed by atoms with Gasteiger partial charge in [0.25, 0.3) is 0 Å². The third kappa shape index (κ3) is 2.59. The van der Waals surface area contributed by atoms with Crippen LogP contribution in [0.3, 0.4) is 0 Å². The van der Waals surface area contributed by atoms with Crippen molar-refractivity contribution < 1.29 is 4.39 Å². The van der Waals surface area contributed by atoms with Crippen LogP contribution in [0, 0.1) is 23.1 Å². The Hall–Kier alpha value is -2.12. The van der Waals surface area contributed by atoms with Gasteiger partial charge in [0.2, 0.25) is 0 Å². The van der Waals surface area contributed by atoms with E-state index in [1.165, 1.54) is 25.0 Å². The summed E-state index contributed by atoms with van der Waals surface area (Å²) >= 11 is 0. The number of nitriles is 1. The van der Waals surface area contributed by atoms with Gasteiger partial charge in [0.05, 0.1) is 11.6 Å². The molecule has 1 aliphatic rings. The highest BCUT2D eigenvalue weighted by Gasteiger charge is 2.29. The van der Waals surface area contributed by atoms with Crippen molar-refractivity contribution in [2.24, 2.45) is 11.7 Å². The molecule has 1 aromatic heterocycles. The average molecular weight is 269 g/mol. The topological polar surface area (TPSA) is 54.7 Å². The van der Waals surface area contributed by atoms with E-state index >= 15 is 0 Å². The molecule has 2 N–H and O–H groups in total. The minimum absolute atomic E-state index is 0.0894. The zero-order chi connectivity index (χ0) is 14.1. The van der Waals surface area contributed by atoms with Crippen LogP contribution in [0.5, 0.6) is 0 Å². The molecule has 20 heavy (non-hydrogen) atoms. The van der Waals surface area contributed by atoms with Crippen LogP contribution in [0.25, 0.3) is 0 Å². The second kappa shape index (κ2) is 5.10. The summed E-state index contributed by atoms with van der Waals surface area (Å²) in [7, 11) is 0. The molecule has 0 spiro atoms. The first kappa shape index (κ1) is 12.9. The van der Waals surface area contributed by atoms with Gasteiger partial charge in [-0.25, -0.2) is 4.39 Å². The Balaban J connectivity index is 1.79. The van der Waals surface area contributed by atoms with E-state index < -0.39 is 0 Å². The molecule has 0 saturated heterocycles. The van der Waals surface area contributed by atoms with Gasteiger partial charge >= 0.3 is 0 Å². The van der Waals surface area contributed by atoms with E-state index in [-0.39, 0.29) is 11.9 Å². The molecule has 1 atom stereocenters. The fraction of sp³-hybridized carbons (Fsp3) is 0.312. The summed E-state index contributed by atoms with van der Waals surface area (Å²) in [4.78, 5) is 0. The molecule has 0 aliphatic heterocycles. The van der Waals surface area contributed by atoms with Crippen LogP contribution >= 0.6 is 0 Å². The van der Waals surface area contributed by atoms with Crippen LogP contribution in [0.2, 0.25) is 0 Å². The molecule has 1 aliphatic carbocycles. The van der Waals surface area contributed by atoms with Crippen LogP contribution in [0.1, 0.15) is 35.6 Å². The van der Waals surface area contributed by atoms with Crippen molar-refractivity contribution in [1.82, 2.24) is 4.57 Å². The van der Waals surface area contributed by atoms with Gasteiger partial charge < -0.3 is 10.3 Å². The molecule has 3 rings (SSSR count). The van der Waals surface area contributed by atoms with Crippen LogP contribution in [0.15, 0.2) is 36.7 Å². The van der Waals surface area contributed by atoms with Gasteiger partial charge in [-0.2, -0.15) is 5.26 Å². The second-order valence-electron chi connectivity index (χ2n) is 5.40. The van der Waals surface area contributed by atoms with E-state index in [9.17, 15) is 4.39 Å². The molecule has 1 heterocycles. The molecular weight excluding hydrogens is 253 g/mol. The van der Waals surface area contributed by atoms with Gasteiger partial charge in [-0.15, -0.1) is 0 Å². The number of hydrogen-bond acceptors (Lipinski definition) is 2. The maximum Gasteiger partial charge on any atom is 0.128 e. The van der Waals surface area contributed by atoms with Crippen LogP contribution in [-0.2, 0) is 6.54 Å². The lowest BCUT2D eigenvalue weighted by Gasteiger charge is -2.08. The van der Waals surface area contributed by atoms with Gasteiger partial charge in [0.1, 0.15) is 5.82 Å². The Bertz CT molecular complexity index is 665. The number of nitrogens with two attached hydrogens (primary N) is 1. The average Bonchev–Trinajstić information content (AvgIpc) is 3.20. The van der Waals surface area contributed by atoms with Crippen molar-refractivity contribution in [3.05, 3.63) is 59.2 Å². The maximum absolute atomic E-state index is 13.7. The van der Waals surface area contributed by atoms with E-state index in [0.29, 0.717) is 23.6 Å². The van der Waals surface area contributed by atoms with Gasteiger partial charge in [-0.3, -0.25) is 0 Å². The smallest absolute Gasteiger partial charge is 0.128 e. The van der Waals surface area contributed by atoms with Crippen LogP contribution in [0.4, 0.5) is 4.39 Å². The van der Waals surface area contributed by atoms with Gasteiger partial charge in [-0.05, 0) is 48.6 Å². The number of benzene rings is 1. The number of nitrogens with zero attached hydrogens (tertiary/aromatic N) is 2. The number of rotatable bonds is 4. The lowest BCUT2D eigenvalue weighted by Crippen LogP contribution is -2.11. The van der Waals surface area contributed by atoms with Crippen molar-refractivity contribution in [3.8, 4) is 6.07 Å².